The van der Waals surface area contributed by atoms with Gasteiger partial charge in [-0.2, -0.15) is 5.26 Å². The highest BCUT2D eigenvalue weighted by molar-refractivity contribution is 7.15. The van der Waals surface area contributed by atoms with E-state index in [0.29, 0.717) is 30.1 Å². The van der Waals surface area contributed by atoms with Crippen molar-refractivity contribution in [1.29, 1.82) is 5.26 Å². The minimum Gasteiger partial charge on any atom is -0.481 e. The Labute approximate surface area is 256 Å². The zero-order valence-electron chi connectivity index (χ0n) is 24.1. The van der Waals surface area contributed by atoms with Gasteiger partial charge in [-0.3, -0.25) is 9.59 Å². The standard InChI is InChI=1S/C32H29FN6O4S/c1-20-16-38(17-21(2)43-20)27(40)18-37-10-11-39-31(41)29(42-19-22-6-4-3-5-7-22)28(36-32(37)39)30-35-15-26(44-30)13-23-8-9-25(33)12-24(23)14-34/h3-12,15,20-21H,13,16-19H2,1-2H3/t20-,21?/m0/s1. The Bertz CT molecular complexity index is 1920. The SMILES string of the molecule is CC1CN(C(=O)Cn2ccn3c(=O)c(OCc4ccccc4)c(-c4ncc(Cc5ccc(F)cc5C#N)s4)nc23)C[C@H](C)O1. The van der Waals surface area contributed by atoms with Crippen molar-refractivity contribution in [3.63, 3.8) is 0 Å². The van der Waals surface area contributed by atoms with Gasteiger partial charge < -0.3 is 18.9 Å². The molecule has 12 heteroatoms. The topological polar surface area (TPSA) is 115 Å². The molecule has 44 heavy (non-hydrogen) atoms. The molecule has 2 atom stereocenters. The Morgan fingerprint density at radius 1 is 1.16 bits per heavy atom. The maximum Gasteiger partial charge on any atom is 0.302 e. The lowest BCUT2D eigenvalue weighted by Gasteiger charge is -2.35. The number of hydrogen-bond donors (Lipinski definition) is 0. The number of fused-ring (bicyclic) bond motifs is 1. The molecule has 2 aromatic carbocycles. The van der Waals surface area contributed by atoms with Crippen molar-refractivity contribution in [1.82, 2.24) is 23.8 Å². The summed E-state index contributed by atoms with van der Waals surface area (Å²) < 4.78 is 28.6. The Morgan fingerprint density at radius 3 is 2.68 bits per heavy atom. The number of hydrogen-bond acceptors (Lipinski definition) is 8. The molecule has 1 fully saturated rings. The maximum absolute atomic E-state index is 13.8. The third-order valence-corrected chi connectivity index (χ3v) is 8.33. The van der Waals surface area contributed by atoms with Gasteiger partial charge in [-0.25, -0.2) is 18.8 Å². The van der Waals surface area contributed by atoms with E-state index < -0.39 is 11.4 Å². The van der Waals surface area contributed by atoms with E-state index in [1.165, 1.54) is 27.9 Å². The van der Waals surface area contributed by atoms with Gasteiger partial charge in [0.2, 0.25) is 17.4 Å². The van der Waals surface area contributed by atoms with E-state index in [-0.39, 0.29) is 54.1 Å². The summed E-state index contributed by atoms with van der Waals surface area (Å²) in [7, 11) is 0. The summed E-state index contributed by atoms with van der Waals surface area (Å²) in [6.07, 6.45) is 5.10. The van der Waals surface area contributed by atoms with Gasteiger partial charge >= 0.3 is 5.56 Å². The van der Waals surface area contributed by atoms with Crippen molar-refractivity contribution in [2.75, 3.05) is 13.1 Å². The summed E-state index contributed by atoms with van der Waals surface area (Å²) in [5, 5.41) is 9.92. The van der Waals surface area contributed by atoms with Gasteiger partial charge in [0.15, 0.2) is 5.69 Å². The van der Waals surface area contributed by atoms with E-state index in [9.17, 15) is 19.2 Å². The molecule has 1 amide bonds. The number of carbonyl (C=O) groups is 1. The van der Waals surface area contributed by atoms with Crippen LogP contribution >= 0.6 is 11.3 Å². The molecular formula is C32H29FN6O4S. The zero-order valence-corrected chi connectivity index (χ0v) is 25.0. The van der Waals surface area contributed by atoms with Crippen LogP contribution in [-0.2, 0) is 29.1 Å². The predicted octanol–water partition coefficient (Wildman–Crippen LogP) is 4.44. The van der Waals surface area contributed by atoms with Gasteiger partial charge in [-0.1, -0.05) is 36.4 Å². The highest BCUT2D eigenvalue weighted by Crippen LogP contribution is 2.32. The average molecular weight is 613 g/mol. The molecule has 0 saturated carbocycles. The summed E-state index contributed by atoms with van der Waals surface area (Å²) in [4.78, 5) is 39.0. The lowest BCUT2D eigenvalue weighted by atomic mass is 10.1. The van der Waals surface area contributed by atoms with Crippen LogP contribution in [0.4, 0.5) is 4.39 Å². The normalized spacial score (nSPS) is 16.6. The van der Waals surface area contributed by atoms with Crippen molar-refractivity contribution in [2.24, 2.45) is 0 Å². The Kier molecular flexibility index (Phi) is 8.23. The third kappa shape index (κ3) is 6.10. The van der Waals surface area contributed by atoms with Crippen LogP contribution in [0.5, 0.6) is 5.75 Å². The van der Waals surface area contributed by atoms with Crippen molar-refractivity contribution >= 4 is 23.0 Å². The van der Waals surface area contributed by atoms with Crippen LogP contribution in [0.25, 0.3) is 16.5 Å². The number of nitriles is 1. The predicted molar refractivity (Wildman–Crippen MR) is 162 cm³/mol. The second-order valence-electron chi connectivity index (χ2n) is 10.7. The van der Waals surface area contributed by atoms with Crippen molar-refractivity contribution < 1.29 is 18.7 Å². The second-order valence-corrected chi connectivity index (χ2v) is 11.9. The number of rotatable bonds is 8. The van der Waals surface area contributed by atoms with Gasteiger partial charge in [-0.15, -0.1) is 11.3 Å². The number of benzene rings is 2. The van der Waals surface area contributed by atoms with Crippen molar-refractivity contribution in [3.05, 3.63) is 105 Å². The molecule has 0 spiro atoms. The first kappa shape index (κ1) is 29.2. The number of ether oxygens (including phenoxy) is 2. The molecule has 0 bridgehead atoms. The van der Waals surface area contributed by atoms with Crippen LogP contribution in [0.2, 0.25) is 0 Å². The van der Waals surface area contributed by atoms with E-state index in [4.69, 9.17) is 14.5 Å². The minimum absolute atomic E-state index is 0.00331. The molecule has 0 N–H and O–H groups in total. The van der Waals surface area contributed by atoms with Crippen molar-refractivity contribution in [2.45, 2.75) is 45.6 Å². The molecular weight excluding hydrogens is 583 g/mol. The van der Waals surface area contributed by atoms with Gasteiger partial charge in [0.1, 0.15) is 24.0 Å². The number of halogens is 1. The fourth-order valence-electron chi connectivity index (χ4n) is 5.31. The Hall–Kier alpha value is -4.86. The van der Waals surface area contributed by atoms with Crippen LogP contribution < -0.4 is 10.3 Å². The molecule has 1 saturated heterocycles. The number of amides is 1. The highest BCUT2D eigenvalue weighted by Gasteiger charge is 2.27. The van der Waals surface area contributed by atoms with Crippen LogP contribution in [0.15, 0.2) is 71.9 Å². The first-order valence-corrected chi connectivity index (χ1v) is 15.0. The number of thiazole rings is 1. The molecule has 1 unspecified atom stereocenters. The number of nitrogens with zero attached hydrogens (tertiary/aromatic N) is 6. The first-order valence-electron chi connectivity index (χ1n) is 14.1. The maximum atomic E-state index is 13.8. The van der Waals surface area contributed by atoms with Crippen LogP contribution in [-0.4, -0.2) is 55.0 Å². The lowest BCUT2D eigenvalue weighted by Crippen LogP contribution is -2.49. The summed E-state index contributed by atoms with van der Waals surface area (Å²) in [6.45, 7) is 4.99. The second kappa shape index (κ2) is 12.4. The molecule has 6 rings (SSSR count). The quantitative estimate of drug-likeness (QED) is 0.255. The molecule has 0 aliphatic carbocycles. The summed E-state index contributed by atoms with van der Waals surface area (Å²) >= 11 is 1.30. The molecule has 4 heterocycles. The van der Waals surface area contributed by atoms with E-state index in [0.717, 1.165) is 10.4 Å². The number of imidazole rings is 1. The fourth-order valence-corrected chi connectivity index (χ4v) is 6.23. The molecule has 10 nitrogen and oxygen atoms in total. The summed E-state index contributed by atoms with van der Waals surface area (Å²) in [5.41, 5.74) is 1.61. The van der Waals surface area contributed by atoms with E-state index >= 15 is 0 Å². The average Bonchev–Trinajstić information content (AvgIpc) is 3.64. The van der Waals surface area contributed by atoms with Crippen LogP contribution in [0.1, 0.15) is 35.4 Å². The highest BCUT2D eigenvalue weighted by atomic mass is 32.1. The third-order valence-electron chi connectivity index (χ3n) is 7.33. The number of carbonyl (C=O) groups excluding carboxylic acids is 1. The molecule has 1 aliphatic heterocycles. The van der Waals surface area contributed by atoms with Crippen LogP contribution in [0.3, 0.4) is 0 Å². The van der Waals surface area contributed by atoms with Gasteiger partial charge in [0.25, 0.3) is 0 Å². The monoisotopic (exact) mass is 612 g/mol. The molecule has 3 aromatic heterocycles. The molecule has 0 radical (unpaired) electrons. The molecule has 1 aliphatic rings. The smallest absolute Gasteiger partial charge is 0.302 e. The molecule has 224 valence electrons. The Morgan fingerprint density at radius 2 is 1.93 bits per heavy atom. The first-order chi connectivity index (χ1) is 21.3. The van der Waals surface area contributed by atoms with E-state index in [2.05, 4.69) is 4.98 Å². The summed E-state index contributed by atoms with van der Waals surface area (Å²) in [5.74, 6) is -0.268. The van der Waals surface area contributed by atoms with Crippen LogP contribution in [0, 0.1) is 17.1 Å². The zero-order chi connectivity index (χ0) is 30.8. The van der Waals surface area contributed by atoms with Crippen molar-refractivity contribution in [3.8, 4) is 22.5 Å². The van der Waals surface area contributed by atoms with Gasteiger partial charge in [0.05, 0.1) is 23.8 Å². The number of aromatic nitrogens is 4. The number of morpholine rings is 1. The van der Waals surface area contributed by atoms with Gasteiger partial charge in [0, 0.05) is 43.0 Å². The fraction of sp³-hybridized carbons (Fsp3) is 0.281. The lowest BCUT2D eigenvalue weighted by molar-refractivity contribution is -0.143. The van der Waals surface area contributed by atoms with Gasteiger partial charge in [-0.05, 0) is 37.1 Å². The summed E-state index contributed by atoms with van der Waals surface area (Å²) in [6, 6.07) is 15.6. The Balaban J connectivity index is 1.36. The van der Waals surface area contributed by atoms with E-state index in [1.54, 1.807) is 34.1 Å². The minimum atomic E-state index is -0.479. The van der Waals surface area contributed by atoms with E-state index in [1.807, 2.05) is 50.2 Å². The largest absolute Gasteiger partial charge is 0.481 e. The molecule has 5 aromatic rings.